The number of hydrogen-bond acceptors (Lipinski definition) is 3. The van der Waals surface area contributed by atoms with Crippen LogP contribution in [0.4, 0.5) is 0 Å². The van der Waals surface area contributed by atoms with Crippen molar-refractivity contribution in [1.29, 1.82) is 0 Å². The van der Waals surface area contributed by atoms with E-state index in [-0.39, 0.29) is 16.5 Å². The first-order valence-corrected chi connectivity index (χ1v) is 11.8. The summed E-state index contributed by atoms with van der Waals surface area (Å²) in [5.41, 5.74) is 0. The third-order valence-corrected chi connectivity index (χ3v) is 5.34. The summed E-state index contributed by atoms with van der Waals surface area (Å²) in [5.74, 6) is 0.687. The zero-order chi connectivity index (χ0) is 19.6. The fourth-order valence-corrected chi connectivity index (χ4v) is 3.11. The molecule has 0 spiro atoms. The Balaban J connectivity index is -0.000000951. The van der Waals surface area contributed by atoms with Crippen molar-refractivity contribution >= 4 is 7.82 Å². The van der Waals surface area contributed by atoms with Gasteiger partial charge in [-0.05, 0) is 24.7 Å². The molecule has 0 saturated heterocycles. The van der Waals surface area contributed by atoms with Gasteiger partial charge in [0.05, 0.1) is 13.2 Å². The maximum absolute atomic E-state index is 11.9. The summed E-state index contributed by atoms with van der Waals surface area (Å²) in [6, 6.07) is 0. The molecule has 0 fully saturated rings. The molecule has 0 rings (SSSR count). The molecule has 0 amide bonds. The predicted molar refractivity (Wildman–Crippen MR) is 109 cm³/mol. The van der Waals surface area contributed by atoms with Gasteiger partial charge in [0.25, 0.3) is 0 Å². The van der Waals surface area contributed by atoms with Gasteiger partial charge in [0.1, 0.15) is 0 Å². The van der Waals surface area contributed by atoms with Crippen LogP contribution < -0.4 is 0 Å². The van der Waals surface area contributed by atoms with Crippen molar-refractivity contribution in [2.24, 2.45) is 11.8 Å². The van der Waals surface area contributed by atoms with Gasteiger partial charge in [-0.1, -0.05) is 79.6 Å². The molecule has 0 heterocycles. The molecule has 0 aromatic carbocycles. The van der Waals surface area contributed by atoms with E-state index in [0.29, 0.717) is 25.0 Å². The number of hydrogen-bond donors (Lipinski definition) is 1. The van der Waals surface area contributed by atoms with Crippen molar-refractivity contribution < 1.29 is 35.0 Å². The van der Waals surface area contributed by atoms with Crippen LogP contribution in [0.5, 0.6) is 0 Å². The summed E-state index contributed by atoms with van der Waals surface area (Å²) < 4.78 is 22.2. The number of phosphoric acid groups is 1. The van der Waals surface area contributed by atoms with E-state index in [4.69, 9.17) is 9.05 Å². The molecule has 0 aliphatic carbocycles. The smallest absolute Gasteiger partial charge is 0.343 e. The Bertz CT molecular complexity index is 290. The molecule has 0 aliphatic heterocycles. The van der Waals surface area contributed by atoms with Gasteiger partial charge in [-0.2, -0.15) is 6.42 Å². The Morgan fingerprint density at radius 3 is 1.42 bits per heavy atom. The molecule has 6 heteroatoms. The van der Waals surface area contributed by atoms with Crippen LogP contribution in [0.25, 0.3) is 0 Å². The van der Waals surface area contributed by atoms with Gasteiger partial charge in [0.15, 0.2) is 0 Å². The minimum absolute atomic E-state index is 0. The second kappa shape index (κ2) is 21.9. The predicted octanol–water partition coefficient (Wildman–Crippen LogP) is 7.17. The standard InChI is InChI=1S/C16H35O4P.C4H9.Ni/c1-5-9-11-15(7-3)13-19-21(17,18)20-14-16(8-4)12-10-6-2;1-3-4-2;/h15-16H,5-14H2,1-4H3,(H,17,18);1,3-4H2,2H3;/q;-1;. The van der Waals surface area contributed by atoms with Gasteiger partial charge in [0.2, 0.25) is 0 Å². The second-order valence-electron chi connectivity index (χ2n) is 6.75. The average molecular weight is 438 g/mol. The zero-order valence-corrected chi connectivity index (χ0v) is 19.7. The first-order valence-electron chi connectivity index (χ1n) is 10.3. The van der Waals surface area contributed by atoms with Crippen LogP contribution >= 0.6 is 7.82 Å². The molecular weight excluding hydrogens is 394 g/mol. The molecule has 1 N–H and O–H groups in total. The fraction of sp³-hybridized carbons (Fsp3) is 0.950. The molecule has 0 bridgehead atoms. The molecular formula is C20H44NiO4P-. The molecule has 2 atom stereocenters. The molecule has 164 valence electrons. The number of unbranched alkanes of at least 4 members (excludes halogenated alkanes) is 3. The van der Waals surface area contributed by atoms with Crippen molar-refractivity contribution in [3.8, 4) is 0 Å². The summed E-state index contributed by atoms with van der Waals surface area (Å²) >= 11 is 0. The quantitative estimate of drug-likeness (QED) is 0.167. The van der Waals surface area contributed by atoms with Crippen molar-refractivity contribution in [3.05, 3.63) is 6.92 Å². The SMILES string of the molecule is CCCCC(CC)COP(=O)(O)OCC(CC)CCCC.[CH2-]CCC.[Ni]. The minimum atomic E-state index is -3.89. The van der Waals surface area contributed by atoms with Gasteiger partial charge >= 0.3 is 7.82 Å². The molecule has 4 nitrogen and oxygen atoms in total. The molecule has 0 radical (unpaired) electrons. The molecule has 26 heavy (non-hydrogen) atoms. The molecule has 2 unspecified atom stereocenters. The van der Waals surface area contributed by atoms with Crippen molar-refractivity contribution in [2.45, 2.75) is 98.8 Å². The van der Waals surface area contributed by atoms with Crippen LogP contribution in [0.3, 0.4) is 0 Å². The summed E-state index contributed by atoms with van der Waals surface area (Å²) in [6.07, 6.45) is 10.8. The largest absolute Gasteiger partial charge is 0.472 e. The Morgan fingerprint density at radius 2 is 1.19 bits per heavy atom. The molecule has 0 saturated carbocycles. The number of rotatable bonds is 15. The van der Waals surface area contributed by atoms with Crippen LogP contribution in [0.2, 0.25) is 0 Å². The van der Waals surface area contributed by atoms with E-state index in [9.17, 15) is 9.46 Å². The summed E-state index contributed by atoms with van der Waals surface area (Å²) in [7, 11) is -3.89. The minimum Gasteiger partial charge on any atom is -0.343 e. The van der Waals surface area contributed by atoms with E-state index in [1.54, 1.807) is 0 Å². The van der Waals surface area contributed by atoms with Gasteiger partial charge < -0.3 is 11.8 Å². The van der Waals surface area contributed by atoms with Crippen molar-refractivity contribution in [1.82, 2.24) is 0 Å². The summed E-state index contributed by atoms with van der Waals surface area (Å²) in [5, 5.41) is 0. The van der Waals surface area contributed by atoms with Crippen molar-refractivity contribution in [3.63, 3.8) is 0 Å². The summed E-state index contributed by atoms with van der Waals surface area (Å²) in [4.78, 5) is 9.77. The second-order valence-corrected chi connectivity index (χ2v) is 8.20. The normalized spacial score (nSPS) is 15.2. The average Bonchev–Trinajstić information content (AvgIpc) is 2.62. The van der Waals surface area contributed by atoms with E-state index in [1.165, 1.54) is 6.42 Å². The van der Waals surface area contributed by atoms with Crippen LogP contribution in [0.1, 0.15) is 98.8 Å². The fourth-order valence-electron chi connectivity index (χ4n) is 2.23. The van der Waals surface area contributed by atoms with Crippen LogP contribution in [-0.2, 0) is 30.1 Å². The third-order valence-electron chi connectivity index (χ3n) is 4.39. The van der Waals surface area contributed by atoms with E-state index in [0.717, 1.165) is 57.8 Å². The van der Waals surface area contributed by atoms with E-state index in [2.05, 4.69) is 41.5 Å². The van der Waals surface area contributed by atoms with Crippen LogP contribution in [0.15, 0.2) is 0 Å². The van der Waals surface area contributed by atoms with Gasteiger partial charge in [0, 0.05) is 16.5 Å². The Hall–Kier alpha value is 0.604. The molecule has 0 aromatic heterocycles. The van der Waals surface area contributed by atoms with Crippen LogP contribution in [-0.4, -0.2) is 18.1 Å². The third kappa shape index (κ3) is 20.9. The maximum Gasteiger partial charge on any atom is 0.472 e. The van der Waals surface area contributed by atoms with E-state index < -0.39 is 7.82 Å². The Kier molecular flexibility index (Phi) is 26.4. The Morgan fingerprint density at radius 1 is 0.846 bits per heavy atom. The molecule has 0 aliphatic rings. The van der Waals surface area contributed by atoms with Gasteiger partial charge in [-0.3, -0.25) is 9.05 Å². The zero-order valence-electron chi connectivity index (χ0n) is 17.8. The van der Waals surface area contributed by atoms with E-state index in [1.807, 2.05) is 0 Å². The van der Waals surface area contributed by atoms with Crippen LogP contribution in [0, 0.1) is 18.8 Å². The van der Waals surface area contributed by atoms with Gasteiger partial charge in [-0.25, -0.2) is 4.57 Å². The number of phosphoric ester groups is 1. The topological polar surface area (TPSA) is 55.8 Å². The Labute approximate surface area is 173 Å². The van der Waals surface area contributed by atoms with Crippen molar-refractivity contribution in [2.75, 3.05) is 13.2 Å². The first-order chi connectivity index (χ1) is 11.9. The summed E-state index contributed by atoms with van der Waals surface area (Å²) in [6.45, 7) is 14.8. The molecule has 0 aromatic rings. The van der Waals surface area contributed by atoms with Gasteiger partial charge in [-0.15, -0.1) is 0 Å². The first kappa shape index (κ1) is 31.3. The maximum atomic E-state index is 11.9. The van der Waals surface area contributed by atoms with E-state index >= 15 is 0 Å². The monoisotopic (exact) mass is 437 g/mol.